The van der Waals surface area contributed by atoms with Gasteiger partial charge < -0.3 is 0 Å². The zero-order valence-corrected chi connectivity index (χ0v) is 12.8. The highest BCUT2D eigenvalue weighted by Crippen LogP contribution is 2.09. The van der Waals surface area contributed by atoms with E-state index in [9.17, 15) is 4.79 Å². The van der Waals surface area contributed by atoms with Crippen molar-refractivity contribution in [2.75, 3.05) is 0 Å². The molecule has 0 bridgehead atoms. The van der Waals surface area contributed by atoms with Crippen LogP contribution in [0.15, 0.2) is 59.2 Å². The highest BCUT2D eigenvalue weighted by atomic mass is 32.1. The molecule has 22 heavy (non-hydrogen) atoms. The fourth-order valence-corrected chi connectivity index (χ4v) is 2.67. The molecule has 0 N–H and O–H groups in total. The maximum absolute atomic E-state index is 12.0. The monoisotopic (exact) mass is 310 g/mol. The molecule has 0 radical (unpaired) electrons. The van der Waals surface area contributed by atoms with Gasteiger partial charge in [-0.1, -0.05) is 30.3 Å². The molecule has 6 heteroatoms. The molecule has 5 nitrogen and oxygen atoms in total. The number of aromatic nitrogens is 3. The summed E-state index contributed by atoms with van der Waals surface area (Å²) in [5.41, 5.74) is 2.42. The van der Waals surface area contributed by atoms with Gasteiger partial charge in [0.05, 0.1) is 29.4 Å². The van der Waals surface area contributed by atoms with E-state index in [1.807, 2.05) is 36.5 Å². The molecule has 0 atom stereocenters. The highest BCUT2D eigenvalue weighted by molar-refractivity contribution is 7.03. The summed E-state index contributed by atoms with van der Waals surface area (Å²) in [6.45, 7) is 2.49. The Morgan fingerprint density at radius 1 is 1.27 bits per heavy atom. The fraction of sp³-hybridized carbons (Fsp3) is 0.125. The van der Waals surface area contributed by atoms with Gasteiger partial charge in [0.25, 0.3) is 5.91 Å². The van der Waals surface area contributed by atoms with Crippen molar-refractivity contribution >= 4 is 17.4 Å². The minimum atomic E-state index is -0.283. The van der Waals surface area contributed by atoms with E-state index >= 15 is 0 Å². The lowest BCUT2D eigenvalue weighted by Crippen LogP contribution is -2.13. The Balaban J connectivity index is 1.78. The zero-order chi connectivity index (χ0) is 15.4. The summed E-state index contributed by atoms with van der Waals surface area (Å²) in [4.78, 5) is 16.1. The van der Waals surface area contributed by atoms with Crippen molar-refractivity contribution in [1.29, 1.82) is 0 Å². The summed E-state index contributed by atoms with van der Waals surface area (Å²) in [6.07, 6.45) is 3.41. The predicted molar refractivity (Wildman–Crippen MR) is 84.5 cm³/mol. The van der Waals surface area contributed by atoms with Gasteiger partial charge in [-0.05, 0) is 30.1 Å². The number of rotatable bonds is 3. The lowest BCUT2D eigenvalue weighted by molar-refractivity contribution is 0.0998. The molecule has 0 saturated carbocycles. The van der Waals surface area contributed by atoms with Crippen LogP contribution in [0.3, 0.4) is 0 Å². The molecule has 1 aromatic carbocycles. The number of nitrogens with zero attached hydrogens (tertiary/aromatic N) is 4. The molecule has 2 aromatic heterocycles. The second-order valence-corrected chi connectivity index (χ2v) is 5.43. The molecule has 0 aliphatic heterocycles. The van der Waals surface area contributed by atoms with Crippen LogP contribution >= 0.6 is 11.5 Å². The van der Waals surface area contributed by atoms with Crippen molar-refractivity contribution in [2.24, 2.45) is 4.99 Å². The average molecular weight is 310 g/mol. The van der Waals surface area contributed by atoms with E-state index in [0.29, 0.717) is 23.2 Å². The van der Waals surface area contributed by atoms with Gasteiger partial charge in [0.15, 0.2) is 0 Å². The smallest absolute Gasteiger partial charge is 0.268 e. The first-order valence-electron chi connectivity index (χ1n) is 6.79. The number of carbonyl (C=O) groups is 1. The van der Waals surface area contributed by atoms with Gasteiger partial charge in [0.2, 0.25) is 0 Å². The third-order valence-electron chi connectivity index (χ3n) is 3.15. The number of aryl methyl sites for hydroxylation is 1. The summed E-state index contributed by atoms with van der Waals surface area (Å²) in [7, 11) is 0. The lowest BCUT2D eigenvalue weighted by atomic mass is 10.2. The molecular formula is C16H14N4OS. The molecule has 0 fully saturated rings. The van der Waals surface area contributed by atoms with Crippen LogP contribution in [-0.4, -0.2) is 20.1 Å². The number of benzene rings is 1. The molecular weight excluding hydrogens is 296 g/mol. The van der Waals surface area contributed by atoms with Crippen molar-refractivity contribution in [3.8, 4) is 0 Å². The van der Waals surface area contributed by atoms with E-state index in [4.69, 9.17) is 0 Å². The molecule has 2 heterocycles. The van der Waals surface area contributed by atoms with Crippen LogP contribution in [0.2, 0.25) is 0 Å². The van der Waals surface area contributed by atoms with E-state index in [1.165, 1.54) is 17.1 Å². The molecule has 3 rings (SSSR count). The van der Waals surface area contributed by atoms with E-state index in [1.54, 1.807) is 29.2 Å². The predicted octanol–water partition coefficient (Wildman–Crippen LogP) is 2.44. The largest absolute Gasteiger partial charge is 0.280 e. The second kappa shape index (κ2) is 6.44. The van der Waals surface area contributed by atoms with Crippen LogP contribution in [0.1, 0.15) is 21.6 Å². The molecule has 0 saturated heterocycles. The van der Waals surface area contributed by atoms with Crippen LogP contribution < -0.4 is 5.36 Å². The Morgan fingerprint density at radius 3 is 2.73 bits per heavy atom. The molecule has 0 aliphatic rings. The van der Waals surface area contributed by atoms with Gasteiger partial charge in [-0.2, -0.15) is 9.47 Å². The van der Waals surface area contributed by atoms with Gasteiger partial charge in [-0.25, -0.2) is 4.99 Å². The van der Waals surface area contributed by atoms with Crippen molar-refractivity contribution in [2.45, 2.75) is 13.5 Å². The highest BCUT2D eigenvalue weighted by Gasteiger charge is 2.09. The lowest BCUT2D eigenvalue weighted by Gasteiger charge is -2.04. The Bertz CT molecular complexity index is 831. The number of hydrogen-bond acceptors (Lipinski definition) is 4. The Morgan fingerprint density at radius 2 is 2.09 bits per heavy atom. The molecule has 1 amide bonds. The van der Waals surface area contributed by atoms with E-state index in [-0.39, 0.29) is 5.91 Å². The second-order valence-electron chi connectivity index (χ2n) is 4.80. The first kappa shape index (κ1) is 14.3. The molecule has 110 valence electrons. The molecule has 0 spiro atoms. The van der Waals surface area contributed by atoms with E-state index in [0.717, 1.165) is 0 Å². The Hall–Kier alpha value is -2.60. The normalized spacial score (nSPS) is 11.6. The van der Waals surface area contributed by atoms with E-state index < -0.39 is 0 Å². The fourth-order valence-electron chi connectivity index (χ4n) is 1.98. The van der Waals surface area contributed by atoms with Crippen LogP contribution in [0.5, 0.6) is 0 Å². The number of amides is 1. The first-order chi connectivity index (χ1) is 10.7. The van der Waals surface area contributed by atoms with Crippen molar-refractivity contribution in [1.82, 2.24) is 14.2 Å². The standard InChI is InChI=1S/C16H14N4OS/c1-12-15(11-22-19-12)16(21)18-14-7-8-20(17-9-14)10-13-5-3-2-4-6-13/h2-9,11H,10H2,1H3. The zero-order valence-electron chi connectivity index (χ0n) is 12.0. The van der Waals surface area contributed by atoms with E-state index in [2.05, 4.69) is 14.5 Å². The maximum Gasteiger partial charge on any atom is 0.280 e. The minimum absolute atomic E-state index is 0.283. The third-order valence-corrected chi connectivity index (χ3v) is 3.87. The Labute approximate surface area is 131 Å². The average Bonchev–Trinajstić information content (AvgIpc) is 2.96. The van der Waals surface area contributed by atoms with Crippen molar-refractivity contribution in [3.05, 3.63) is 76.4 Å². The topological polar surface area (TPSA) is 60.1 Å². The van der Waals surface area contributed by atoms with Crippen molar-refractivity contribution < 1.29 is 4.79 Å². The van der Waals surface area contributed by atoms with Crippen LogP contribution in [0.4, 0.5) is 0 Å². The molecule has 0 aliphatic carbocycles. The third kappa shape index (κ3) is 3.35. The minimum Gasteiger partial charge on any atom is -0.268 e. The summed E-state index contributed by atoms with van der Waals surface area (Å²) in [5, 5.41) is 6.55. The van der Waals surface area contributed by atoms with Gasteiger partial charge in [-0.15, -0.1) is 0 Å². The SMILES string of the molecule is Cc1nscc1C(=O)N=c1ccn(Cc2ccccc2)nc1. The quantitative estimate of drug-likeness (QED) is 0.746. The van der Waals surface area contributed by atoms with Gasteiger partial charge in [0, 0.05) is 11.6 Å². The van der Waals surface area contributed by atoms with Crippen LogP contribution in [0, 0.1) is 6.92 Å². The summed E-state index contributed by atoms with van der Waals surface area (Å²) in [6, 6.07) is 11.8. The summed E-state index contributed by atoms with van der Waals surface area (Å²) >= 11 is 1.26. The van der Waals surface area contributed by atoms with Crippen LogP contribution in [0.25, 0.3) is 0 Å². The van der Waals surface area contributed by atoms with Crippen LogP contribution in [-0.2, 0) is 6.54 Å². The number of hydrogen-bond donors (Lipinski definition) is 0. The summed E-state index contributed by atoms with van der Waals surface area (Å²) < 4.78 is 5.88. The van der Waals surface area contributed by atoms with Crippen molar-refractivity contribution in [3.63, 3.8) is 0 Å². The van der Waals surface area contributed by atoms with Gasteiger partial charge >= 0.3 is 0 Å². The maximum atomic E-state index is 12.0. The van der Waals surface area contributed by atoms with Gasteiger partial charge in [0.1, 0.15) is 0 Å². The first-order valence-corrected chi connectivity index (χ1v) is 7.63. The number of carbonyl (C=O) groups excluding carboxylic acids is 1. The molecule has 0 unspecified atom stereocenters. The van der Waals surface area contributed by atoms with Gasteiger partial charge in [-0.3, -0.25) is 9.48 Å². The summed E-state index contributed by atoms with van der Waals surface area (Å²) in [5.74, 6) is -0.283. The molecule has 3 aromatic rings. The Kier molecular flexibility index (Phi) is 4.20.